The lowest BCUT2D eigenvalue weighted by Crippen LogP contribution is -2.15. The number of anilines is 1. The van der Waals surface area contributed by atoms with Crippen LogP contribution in [-0.2, 0) is 13.5 Å². The first-order valence-electron chi connectivity index (χ1n) is 5.74. The molecule has 0 aliphatic rings. The highest BCUT2D eigenvalue weighted by Gasteiger charge is 2.07. The molecule has 7 heteroatoms. The van der Waals surface area contributed by atoms with E-state index in [1.807, 2.05) is 11.6 Å². The van der Waals surface area contributed by atoms with Gasteiger partial charge >= 0.3 is 0 Å². The number of halogens is 1. The Bertz CT molecular complexity index is 596. The number of nitrogens with one attached hydrogen (secondary N) is 1. The Kier molecular flexibility index (Phi) is 4.06. The van der Waals surface area contributed by atoms with E-state index in [4.69, 9.17) is 18.0 Å². The molecule has 0 saturated heterocycles. The molecule has 0 saturated carbocycles. The van der Waals surface area contributed by atoms with Gasteiger partial charge in [0.25, 0.3) is 0 Å². The van der Waals surface area contributed by atoms with E-state index in [2.05, 4.69) is 15.5 Å². The zero-order valence-electron chi connectivity index (χ0n) is 10.4. The molecule has 0 fully saturated rings. The summed E-state index contributed by atoms with van der Waals surface area (Å²) in [6.45, 7) is 0.633. The van der Waals surface area contributed by atoms with Crippen LogP contribution in [0.2, 0.25) is 0 Å². The van der Waals surface area contributed by atoms with Crippen LogP contribution >= 0.6 is 12.2 Å². The molecule has 1 aromatic carbocycles. The molecule has 0 amide bonds. The second kappa shape index (κ2) is 5.75. The van der Waals surface area contributed by atoms with E-state index in [0.29, 0.717) is 18.5 Å². The third kappa shape index (κ3) is 3.25. The van der Waals surface area contributed by atoms with E-state index < -0.39 is 0 Å². The van der Waals surface area contributed by atoms with Crippen molar-refractivity contribution in [3.05, 3.63) is 41.7 Å². The number of thiocarbonyl (C=S) groups is 1. The second-order valence-electron chi connectivity index (χ2n) is 4.09. The molecular weight excluding hydrogens is 265 g/mol. The minimum Gasteiger partial charge on any atom is -0.389 e. The second-order valence-corrected chi connectivity index (χ2v) is 4.53. The maximum absolute atomic E-state index is 13.1. The molecule has 0 unspecified atom stereocenters. The summed E-state index contributed by atoms with van der Waals surface area (Å²) < 4.78 is 15.0. The zero-order chi connectivity index (χ0) is 13.8. The molecule has 3 N–H and O–H groups in total. The highest BCUT2D eigenvalue weighted by molar-refractivity contribution is 7.80. The van der Waals surface area contributed by atoms with Gasteiger partial charge < -0.3 is 15.6 Å². The summed E-state index contributed by atoms with van der Waals surface area (Å²) in [5.41, 5.74) is 6.80. The van der Waals surface area contributed by atoms with Gasteiger partial charge in [-0.25, -0.2) is 4.39 Å². The molecule has 1 aromatic heterocycles. The van der Waals surface area contributed by atoms with Crippen molar-refractivity contribution < 1.29 is 4.39 Å². The van der Waals surface area contributed by atoms with Crippen LogP contribution in [0.25, 0.3) is 0 Å². The molecule has 0 aliphatic heterocycles. The molecule has 2 aromatic rings. The van der Waals surface area contributed by atoms with Crippen molar-refractivity contribution in [2.24, 2.45) is 12.8 Å². The number of benzene rings is 1. The molecular formula is C12H14FN5S. The summed E-state index contributed by atoms with van der Waals surface area (Å²) in [6, 6.07) is 4.32. The number of nitrogens with zero attached hydrogens (tertiary/aromatic N) is 3. The lowest BCUT2D eigenvalue weighted by Gasteiger charge is -2.11. The number of aryl methyl sites for hydroxylation is 1. The number of nitrogens with two attached hydrogens (primary N) is 1. The first-order chi connectivity index (χ1) is 9.08. The van der Waals surface area contributed by atoms with Crippen LogP contribution in [0.1, 0.15) is 11.4 Å². The van der Waals surface area contributed by atoms with Gasteiger partial charge in [0.05, 0.1) is 0 Å². The third-order valence-corrected chi connectivity index (χ3v) is 2.94. The van der Waals surface area contributed by atoms with Gasteiger partial charge in [0.1, 0.15) is 23.0 Å². The van der Waals surface area contributed by atoms with Crippen LogP contribution in [0.4, 0.5) is 10.1 Å². The van der Waals surface area contributed by atoms with E-state index in [1.165, 1.54) is 12.1 Å². The van der Waals surface area contributed by atoms with Gasteiger partial charge in [-0.1, -0.05) is 12.2 Å². The molecule has 100 valence electrons. The number of hydrogen-bond donors (Lipinski definition) is 2. The van der Waals surface area contributed by atoms with Crippen molar-refractivity contribution in [2.45, 2.75) is 6.42 Å². The average Bonchev–Trinajstić information content (AvgIpc) is 2.77. The molecule has 0 bridgehead atoms. The van der Waals surface area contributed by atoms with Crippen LogP contribution in [0, 0.1) is 5.82 Å². The quantitative estimate of drug-likeness (QED) is 0.806. The molecule has 0 aliphatic carbocycles. The Balaban J connectivity index is 2.03. The van der Waals surface area contributed by atoms with Crippen LogP contribution in [0.5, 0.6) is 0 Å². The lowest BCUT2D eigenvalue weighted by molar-refractivity contribution is 0.627. The Morgan fingerprint density at radius 1 is 1.53 bits per heavy atom. The molecule has 5 nitrogen and oxygen atoms in total. The first-order valence-corrected chi connectivity index (χ1v) is 6.15. The maximum Gasteiger partial charge on any atom is 0.134 e. The predicted molar refractivity (Wildman–Crippen MR) is 75.5 cm³/mol. The SMILES string of the molecule is Cn1cnnc1CCNc1ccc(F)cc1C(N)=S. The molecule has 0 spiro atoms. The summed E-state index contributed by atoms with van der Waals surface area (Å²) in [6.07, 6.45) is 2.35. The first kappa shape index (κ1) is 13.4. The maximum atomic E-state index is 13.1. The Hall–Kier alpha value is -2.02. The van der Waals surface area contributed by atoms with Gasteiger partial charge in [-0.3, -0.25) is 0 Å². The minimum atomic E-state index is -0.360. The molecule has 1 heterocycles. The van der Waals surface area contributed by atoms with E-state index >= 15 is 0 Å². The van der Waals surface area contributed by atoms with Gasteiger partial charge in [-0.15, -0.1) is 10.2 Å². The molecule has 0 atom stereocenters. The summed E-state index contributed by atoms with van der Waals surface area (Å²) in [5.74, 6) is 0.508. The van der Waals surface area contributed by atoms with Crippen molar-refractivity contribution in [1.29, 1.82) is 0 Å². The fourth-order valence-electron chi connectivity index (χ4n) is 1.72. The highest BCUT2D eigenvalue weighted by atomic mass is 32.1. The number of rotatable bonds is 5. The van der Waals surface area contributed by atoms with Gasteiger partial charge in [0.2, 0.25) is 0 Å². The summed E-state index contributed by atoms with van der Waals surface area (Å²) in [4.78, 5) is 0.167. The standard InChI is InChI=1S/C12H14FN5S/c1-18-7-16-17-11(18)4-5-15-10-3-2-8(13)6-9(10)12(14)19/h2-3,6-7,15H,4-5H2,1H3,(H2,14,19). The summed E-state index contributed by atoms with van der Waals surface area (Å²) in [5, 5.41) is 11.0. The van der Waals surface area contributed by atoms with E-state index in [9.17, 15) is 4.39 Å². The van der Waals surface area contributed by atoms with Crippen LogP contribution in [0.15, 0.2) is 24.5 Å². The van der Waals surface area contributed by atoms with E-state index in [-0.39, 0.29) is 10.8 Å². The fraction of sp³-hybridized carbons (Fsp3) is 0.250. The van der Waals surface area contributed by atoms with Gasteiger partial charge in [-0.2, -0.15) is 0 Å². The van der Waals surface area contributed by atoms with Crippen molar-refractivity contribution in [2.75, 3.05) is 11.9 Å². The molecule has 19 heavy (non-hydrogen) atoms. The van der Waals surface area contributed by atoms with Gasteiger partial charge in [-0.05, 0) is 18.2 Å². The fourth-order valence-corrected chi connectivity index (χ4v) is 1.89. The van der Waals surface area contributed by atoms with Crippen LogP contribution < -0.4 is 11.1 Å². The van der Waals surface area contributed by atoms with E-state index in [0.717, 1.165) is 11.5 Å². The zero-order valence-corrected chi connectivity index (χ0v) is 11.2. The Morgan fingerprint density at radius 3 is 2.95 bits per heavy atom. The normalized spacial score (nSPS) is 10.4. The van der Waals surface area contributed by atoms with Crippen LogP contribution in [0.3, 0.4) is 0 Å². The van der Waals surface area contributed by atoms with E-state index in [1.54, 1.807) is 12.4 Å². The summed E-state index contributed by atoms with van der Waals surface area (Å²) >= 11 is 4.90. The number of hydrogen-bond acceptors (Lipinski definition) is 4. The van der Waals surface area contributed by atoms with Gasteiger partial charge in [0.15, 0.2) is 0 Å². The molecule has 2 rings (SSSR count). The summed E-state index contributed by atoms with van der Waals surface area (Å²) in [7, 11) is 1.88. The van der Waals surface area contributed by atoms with Crippen molar-refractivity contribution in [3.63, 3.8) is 0 Å². The van der Waals surface area contributed by atoms with Crippen LogP contribution in [-0.4, -0.2) is 26.3 Å². The topological polar surface area (TPSA) is 68.8 Å². The van der Waals surface area contributed by atoms with Crippen molar-refractivity contribution in [3.8, 4) is 0 Å². The smallest absolute Gasteiger partial charge is 0.134 e. The lowest BCUT2D eigenvalue weighted by atomic mass is 10.1. The minimum absolute atomic E-state index is 0.167. The predicted octanol–water partition coefficient (Wildman–Crippen LogP) is 1.24. The van der Waals surface area contributed by atoms with Gasteiger partial charge in [0, 0.05) is 31.3 Å². The number of aromatic nitrogens is 3. The highest BCUT2D eigenvalue weighted by Crippen LogP contribution is 2.16. The molecule has 0 radical (unpaired) electrons. The largest absolute Gasteiger partial charge is 0.389 e. The van der Waals surface area contributed by atoms with Crippen molar-refractivity contribution in [1.82, 2.24) is 14.8 Å². The Labute approximate surface area is 115 Å². The monoisotopic (exact) mass is 279 g/mol. The average molecular weight is 279 g/mol. The van der Waals surface area contributed by atoms with Crippen molar-refractivity contribution >= 4 is 22.9 Å². The Morgan fingerprint density at radius 2 is 2.32 bits per heavy atom. The third-order valence-electron chi connectivity index (χ3n) is 2.72.